The van der Waals surface area contributed by atoms with E-state index in [1.807, 2.05) is 13.0 Å². The second-order valence-corrected chi connectivity index (χ2v) is 4.10. The predicted molar refractivity (Wildman–Crippen MR) is 56.5 cm³/mol. The van der Waals surface area contributed by atoms with Crippen molar-refractivity contribution in [1.82, 2.24) is 0 Å². The average Bonchev–Trinajstić information content (AvgIpc) is 1.99. The highest BCUT2D eigenvalue weighted by Crippen LogP contribution is 2.28. The molecule has 0 saturated carbocycles. The third kappa shape index (κ3) is 2.20. The van der Waals surface area contributed by atoms with Crippen molar-refractivity contribution in [2.24, 2.45) is 0 Å². The molecule has 3 heteroatoms. The maximum absolute atomic E-state index is 5.93. The van der Waals surface area contributed by atoms with E-state index in [2.05, 4.69) is 37.9 Å². The molecule has 0 nitrogen and oxygen atoms in total. The molecule has 0 saturated heterocycles. The molecule has 0 aliphatic rings. The molecule has 0 aromatic heterocycles. The van der Waals surface area contributed by atoms with Gasteiger partial charge in [-0.1, -0.05) is 33.6 Å². The van der Waals surface area contributed by atoms with Crippen LogP contribution >= 0.6 is 43.5 Å². The van der Waals surface area contributed by atoms with Gasteiger partial charge < -0.3 is 0 Å². The molecule has 0 unspecified atom stereocenters. The first-order valence-corrected chi connectivity index (χ1v) is 5.45. The van der Waals surface area contributed by atoms with Crippen LogP contribution < -0.4 is 0 Å². The molecule has 0 N–H and O–H groups in total. The monoisotopic (exact) mass is 296 g/mol. The minimum Gasteiger partial charge on any atom is -0.0876 e. The highest BCUT2D eigenvalue weighted by atomic mass is 79.9. The van der Waals surface area contributed by atoms with Gasteiger partial charge in [-0.2, -0.15) is 0 Å². The van der Waals surface area contributed by atoms with Gasteiger partial charge in [0.25, 0.3) is 0 Å². The van der Waals surface area contributed by atoms with E-state index in [1.165, 1.54) is 11.1 Å². The fourth-order valence-electron chi connectivity index (χ4n) is 0.875. The van der Waals surface area contributed by atoms with Crippen molar-refractivity contribution in [1.29, 1.82) is 0 Å². The Balaban J connectivity index is 3.21. The fourth-order valence-corrected chi connectivity index (χ4v) is 1.72. The average molecular weight is 298 g/mol. The predicted octanol–water partition coefficient (Wildman–Crippen LogP) is 4.31. The number of rotatable bonds is 1. The smallest absolute Gasteiger partial charge is 0.0553 e. The lowest BCUT2D eigenvalue weighted by atomic mass is 10.2. The van der Waals surface area contributed by atoms with Gasteiger partial charge in [-0.3, -0.25) is 0 Å². The van der Waals surface area contributed by atoms with E-state index in [1.54, 1.807) is 0 Å². The van der Waals surface area contributed by atoms with Crippen molar-refractivity contribution < 1.29 is 0 Å². The lowest BCUT2D eigenvalue weighted by Gasteiger charge is -2.03. The number of alkyl halides is 1. The summed E-state index contributed by atoms with van der Waals surface area (Å²) in [6.45, 7) is 2.03. The molecular formula is C8H7Br2Cl. The van der Waals surface area contributed by atoms with Gasteiger partial charge in [-0.25, -0.2) is 0 Å². The Morgan fingerprint density at radius 2 is 2.09 bits per heavy atom. The van der Waals surface area contributed by atoms with Gasteiger partial charge in [0.15, 0.2) is 0 Å². The van der Waals surface area contributed by atoms with E-state index < -0.39 is 0 Å². The van der Waals surface area contributed by atoms with Crippen molar-refractivity contribution in [3.63, 3.8) is 0 Å². The molecule has 60 valence electrons. The van der Waals surface area contributed by atoms with Crippen LogP contribution in [-0.4, -0.2) is 0 Å². The zero-order valence-electron chi connectivity index (χ0n) is 6.00. The van der Waals surface area contributed by atoms with E-state index in [9.17, 15) is 0 Å². The van der Waals surface area contributed by atoms with Crippen LogP contribution in [-0.2, 0) is 5.33 Å². The Bertz CT molecular complexity index is 248. The summed E-state index contributed by atoms with van der Waals surface area (Å²) in [5.74, 6) is 0. The maximum Gasteiger partial charge on any atom is 0.0553 e. The van der Waals surface area contributed by atoms with Gasteiger partial charge >= 0.3 is 0 Å². The Morgan fingerprint density at radius 1 is 1.45 bits per heavy atom. The summed E-state index contributed by atoms with van der Waals surface area (Å²) in [6, 6.07) is 4.05. The Morgan fingerprint density at radius 3 is 2.55 bits per heavy atom. The van der Waals surface area contributed by atoms with Gasteiger partial charge in [0, 0.05) is 9.80 Å². The summed E-state index contributed by atoms with van der Waals surface area (Å²) in [7, 11) is 0. The maximum atomic E-state index is 5.93. The molecule has 0 radical (unpaired) electrons. The van der Waals surface area contributed by atoms with Crippen LogP contribution in [0.4, 0.5) is 0 Å². The lowest BCUT2D eigenvalue weighted by molar-refractivity contribution is 1.34. The van der Waals surface area contributed by atoms with E-state index in [0.29, 0.717) is 0 Å². The van der Waals surface area contributed by atoms with Gasteiger partial charge in [-0.15, -0.1) is 0 Å². The molecule has 11 heavy (non-hydrogen) atoms. The normalized spacial score (nSPS) is 10.2. The summed E-state index contributed by atoms with van der Waals surface area (Å²) in [6.07, 6.45) is 0. The van der Waals surface area contributed by atoms with Crippen LogP contribution in [0.1, 0.15) is 11.1 Å². The van der Waals surface area contributed by atoms with Gasteiger partial charge in [0.05, 0.1) is 5.02 Å². The van der Waals surface area contributed by atoms with Crippen LogP contribution in [0.5, 0.6) is 0 Å². The van der Waals surface area contributed by atoms with Crippen LogP contribution in [0.15, 0.2) is 16.6 Å². The van der Waals surface area contributed by atoms with Crippen LogP contribution in [0.2, 0.25) is 5.02 Å². The van der Waals surface area contributed by atoms with Crippen LogP contribution in [0.25, 0.3) is 0 Å². The van der Waals surface area contributed by atoms with Crippen LogP contribution in [0.3, 0.4) is 0 Å². The van der Waals surface area contributed by atoms with Gasteiger partial charge in [0.1, 0.15) is 0 Å². The summed E-state index contributed by atoms with van der Waals surface area (Å²) >= 11 is 12.7. The van der Waals surface area contributed by atoms with Crippen molar-refractivity contribution in [2.45, 2.75) is 12.3 Å². The third-order valence-electron chi connectivity index (χ3n) is 1.42. The van der Waals surface area contributed by atoms with Crippen LogP contribution in [0, 0.1) is 6.92 Å². The molecule has 1 aromatic rings. The standard InChI is InChI=1S/C8H7Br2Cl/c1-5-2-6(4-9)3-7(11)8(5)10/h2-3H,4H2,1H3. The van der Waals surface area contributed by atoms with Crippen molar-refractivity contribution in [3.8, 4) is 0 Å². The third-order valence-corrected chi connectivity index (χ3v) is 3.65. The SMILES string of the molecule is Cc1cc(CBr)cc(Cl)c1Br. The minimum absolute atomic E-state index is 0.777. The number of aryl methyl sites for hydroxylation is 1. The first kappa shape index (κ1) is 9.56. The van der Waals surface area contributed by atoms with Crippen molar-refractivity contribution >= 4 is 43.5 Å². The highest BCUT2D eigenvalue weighted by molar-refractivity contribution is 9.10. The quantitative estimate of drug-likeness (QED) is 0.678. The first-order chi connectivity index (χ1) is 5.15. The van der Waals surface area contributed by atoms with Gasteiger partial charge in [0.2, 0.25) is 0 Å². The summed E-state index contributed by atoms with van der Waals surface area (Å²) in [5.41, 5.74) is 2.38. The van der Waals surface area contributed by atoms with E-state index in [0.717, 1.165) is 14.8 Å². The highest BCUT2D eigenvalue weighted by Gasteiger charge is 2.01. The number of hydrogen-bond donors (Lipinski definition) is 0. The summed E-state index contributed by atoms with van der Waals surface area (Å²) < 4.78 is 0.990. The zero-order chi connectivity index (χ0) is 8.43. The molecule has 0 heterocycles. The largest absolute Gasteiger partial charge is 0.0876 e. The Labute approximate surface area is 88.2 Å². The van der Waals surface area contributed by atoms with Crippen molar-refractivity contribution in [2.75, 3.05) is 0 Å². The second-order valence-electron chi connectivity index (χ2n) is 2.34. The molecule has 1 rings (SSSR count). The molecule has 0 spiro atoms. The molecule has 0 amide bonds. The van der Waals surface area contributed by atoms with E-state index in [-0.39, 0.29) is 0 Å². The molecule has 1 aromatic carbocycles. The van der Waals surface area contributed by atoms with E-state index in [4.69, 9.17) is 11.6 Å². The van der Waals surface area contributed by atoms with Gasteiger partial charge in [-0.05, 0) is 40.0 Å². The zero-order valence-corrected chi connectivity index (χ0v) is 9.92. The first-order valence-electron chi connectivity index (χ1n) is 3.15. The topological polar surface area (TPSA) is 0 Å². The molecule has 0 bridgehead atoms. The number of benzene rings is 1. The molecule has 0 aliphatic heterocycles. The molecule has 0 fully saturated rings. The van der Waals surface area contributed by atoms with E-state index >= 15 is 0 Å². The fraction of sp³-hybridized carbons (Fsp3) is 0.250. The molecule has 0 atom stereocenters. The minimum atomic E-state index is 0.777. The van der Waals surface area contributed by atoms with Crippen molar-refractivity contribution in [3.05, 3.63) is 32.8 Å². The second kappa shape index (κ2) is 3.92. The molecule has 0 aliphatic carbocycles. The Kier molecular flexibility index (Phi) is 3.41. The Hall–Kier alpha value is 0.470. The lowest BCUT2D eigenvalue weighted by Crippen LogP contribution is -1.82. The number of hydrogen-bond acceptors (Lipinski definition) is 0. The summed E-state index contributed by atoms with van der Waals surface area (Å²) in [5, 5.41) is 1.63. The molecular weight excluding hydrogens is 291 g/mol. The number of halogens is 3. The summed E-state index contributed by atoms with van der Waals surface area (Å²) in [4.78, 5) is 0.